The van der Waals surface area contributed by atoms with Crippen LogP contribution in [0.1, 0.15) is 0 Å². The van der Waals surface area contributed by atoms with Crippen LogP contribution in [0.5, 0.6) is 0 Å². The first kappa shape index (κ1) is 22.7. The second kappa shape index (κ2) is 9.73. The Morgan fingerprint density at radius 2 is 1.08 bits per heavy atom. The van der Waals surface area contributed by atoms with E-state index in [9.17, 15) is 0 Å². The minimum Gasteiger partial charge on any atom is -0.284 e. The summed E-state index contributed by atoms with van der Waals surface area (Å²) in [5, 5.41) is 3.61. The minimum absolute atomic E-state index is 0.859. The molecule has 0 atom stereocenters. The van der Waals surface area contributed by atoms with Gasteiger partial charge in [-0.3, -0.25) is 4.40 Å². The van der Waals surface area contributed by atoms with Gasteiger partial charge in [-0.15, -0.1) is 0 Å². The predicted molar refractivity (Wildman–Crippen MR) is 156 cm³/mol. The van der Waals surface area contributed by atoms with E-state index in [1.165, 1.54) is 15.9 Å². The van der Waals surface area contributed by atoms with Gasteiger partial charge in [-0.25, -0.2) is 9.73 Å². The van der Waals surface area contributed by atoms with Crippen molar-refractivity contribution in [3.8, 4) is 11.3 Å². The molecule has 0 unspecified atom stereocenters. The molecule has 0 aliphatic heterocycles. The summed E-state index contributed by atoms with van der Waals surface area (Å²) in [7, 11) is -2.45. The van der Waals surface area contributed by atoms with Crippen molar-refractivity contribution in [2.24, 2.45) is 4.74 Å². The molecule has 6 rings (SSSR count). The molecule has 0 N–H and O–H groups in total. The molecule has 2 aromatic heterocycles. The van der Waals surface area contributed by atoms with Gasteiger partial charge in [-0.2, -0.15) is 0 Å². The number of rotatable bonds is 5. The van der Waals surface area contributed by atoms with Gasteiger partial charge in [-0.05, 0) is 24.3 Å². The Balaban J connectivity index is 1.79. The van der Waals surface area contributed by atoms with Gasteiger partial charge in [-0.1, -0.05) is 125 Å². The minimum atomic E-state index is -2.45. The fraction of sp³-hybridized carbons (Fsp3) is 0. The summed E-state index contributed by atoms with van der Waals surface area (Å²) < 4.78 is 8.94. The van der Waals surface area contributed by atoms with Gasteiger partial charge >= 0.3 is 0 Å². The van der Waals surface area contributed by atoms with Crippen LogP contribution in [0.15, 0.2) is 149 Å². The van der Waals surface area contributed by atoms with E-state index in [1.807, 2.05) is 18.2 Å². The summed E-state index contributed by atoms with van der Waals surface area (Å²) in [6.45, 7) is 0. The van der Waals surface area contributed by atoms with Gasteiger partial charge in [0.1, 0.15) is 11.3 Å². The van der Waals surface area contributed by atoms with Crippen LogP contribution in [-0.2, 0) is 0 Å². The number of imidazole rings is 1. The predicted octanol–water partition coefficient (Wildman–Crippen LogP) is 7.57. The summed E-state index contributed by atoms with van der Waals surface area (Å²) in [5.74, 6) is 0.859. The van der Waals surface area contributed by atoms with Crippen molar-refractivity contribution in [1.82, 2.24) is 9.38 Å². The van der Waals surface area contributed by atoms with Crippen molar-refractivity contribution in [3.05, 3.63) is 144 Å². The van der Waals surface area contributed by atoms with E-state index >= 15 is 0 Å². The van der Waals surface area contributed by atoms with E-state index in [1.54, 1.807) is 0 Å². The van der Waals surface area contributed by atoms with Gasteiger partial charge in [0.05, 0.1) is 7.05 Å². The van der Waals surface area contributed by atoms with Crippen molar-refractivity contribution >= 4 is 50.4 Å². The molecule has 0 saturated heterocycles. The fourth-order valence-electron chi connectivity index (χ4n) is 4.57. The first-order chi connectivity index (χ1) is 17.8. The quantitative estimate of drug-likeness (QED) is 0.204. The van der Waals surface area contributed by atoms with Gasteiger partial charge in [0.15, 0.2) is 5.82 Å². The number of aromatic nitrogens is 2. The van der Waals surface area contributed by atoms with Crippen LogP contribution in [0.25, 0.3) is 16.9 Å². The molecule has 0 spiro atoms. The van der Waals surface area contributed by atoms with Gasteiger partial charge < -0.3 is 0 Å². The molecule has 36 heavy (non-hydrogen) atoms. The number of nitrogens with zero attached hydrogens (tertiary/aromatic N) is 3. The van der Waals surface area contributed by atoms with E-state index in [2.05, 4.69) is 142 Å². The van der Waals surface area contributed by atoms with E-state index in [0.29, 0.717) is 0 Å². The number of halogens is 1. The zero-order valence-corrected chi connectivity index (χ0v) is 21.9. The Bertz CT molecular complexity index is 1570. The Morgan fingerprint density at radius 1 is 0.583 bits per heavy atom. The van der Waals surface area contributed by atoms with Crippen LogP contribution < -0.4 is 15.9 Å². The largest absolute Gasteiger partial charge is 0.284 e. The third-order valence-corrected chi connectivity index (χ3v) is 10.4. The maximum Gasteiger partial charge on any atom is 0.164 e. The normalized spacial score (nSPS) is 11.5. The molecule has 5 heteroatoms. The maximum absolute atomic E-state index is 5.79. The molecular weight excluding hydrogens is 525 g/mol. The molecule has 2 heterocycles. The first-order valence-corrected chi connectivity index (χ1v) is 14.3. The maximum atomic E-state index is 5.79. The second-order valence-electron chi connectivity index (χ2n) is 8.46. The van der Waals surface area contributed by atoms with E-state index < -0.39 is 7.05 Å². The fourth-order valence-corrected chi connectivity index (χ4v) is 8.36. The third kappa shape index (κ3) is 4.03. The van der Waals surface area contributed by atoms with Crippen molar-refractivity contribution in [1.29, 1.82) is 0 Å². The standard InChI is InChI=1S/C31H23BrN3P/c32-25-21-19-24(20-22-25)30-31(35-23-11-10-18-29(35)33-30)34-36(26-12-4-1-5-13-26,27-14-6-2-7-15-27)28-16-8-3-9-17-28/h1-23H. The van der Waals surface area contributed by atoms with Gasteiger partial charge in [0.2, 0.25) is 0 Å². The van der Waals surface area contributed by atoms with Crippen LogP contribution >= 0.6 is 23.0 Å². The van der Waals surface area contributed by atoms with Crippen molar-refractivity contribution in [2.45, 2.75) is 0 Å². The van der Waals surface area contributed by atoms with Crippen molar-refractivity contribution in [3.63, 3.8) is 0 Å². The number of hydrogen-bond donors (Lipinski definition) is 0. The number of benzene rings is 4. The molecule has 3 nitrogen and oxygen atoms in total. The van der Waals surface area contributed by atoms with Crippen LogP contribution in [0.3, 0.4) is 0 Å². The molecule has 4 aromatic carbocycles. The van der Waals surface area contributed by atoms with Crippen LogP contribution in [0.4, 0.5) is 5.82 Å². The Labute approximate surface area is 219 Å². The average molecular weight is 548 g/mol. The second-order valence-corrected chi connectivity index (χ2v) is 12.4. The number of pyridine rings is 1. The lowest BCUT2D eigenvalue weighted by atomic mass is 10.1. The molecule has 0 aliphatic rings. The first-order valence-electron chi connectivity index (χ1n) is 11.8. The summed E-state index contributed by atoms with van der Waals surface area (Å²) in [6, 6.07) is 46.5. The smallest absolute Gasteiger partial charge is 0.164 e. The molecule has 174 valence electrons. The van der Waals surface area contributed by atoms with Crippen molar-refractivity contribution < 1.29 is 0 Å². The Morgan fingerprint density at radius 3 is 1.61 bits per heavy atom. The molecule has 6 aromatic rings. The summed E-state index contributed by atoms with van der Waals surface area (Å²) in [6.07, 6.45) is 2.05. The van der Waals surface area contributed by atoms with Gasteiger partial charge in [0, 0.05) is 32.1 Å². The highest BCUT2D eigenvalue weighted by atomic mass is 79.9. The molecule has 0 bridgehead atoms. The molecule has 0 amide bonds. The SMILES string of the molecule is Brc1ccc(-c2nc3ccccn3c2N=P(c2ccccc2)(c2ccccc2)c2ccccc2)cc1. The topological polar surface area (TPSA) is 29.7 Å². The molecule has 0 radical (unpaired) electrons. The zero-order valence-electron chi connectivity index (χ0n) is 19.4. The molecule has 0 saturated carbocycles. The summed E-state index contributed by atoms with van der Waals surface area (Å²) >= 11 is 3.57. The van der Waals surface area contributed by atoms with E-state index in [4.69, 9.17) is 9.73 Å². The lowest BCUT2D eigenvalue weighted by Crippen LogP contribution is -2.25. The highest BCUT2D eigenvalue weighted by molar-refractivity contribution is 9.10. The van der Waals surface area contributed by atoms with E-state index in [-0.39, 0.29) is 0 Å². The van der Waals surface area contributed by atoms with E-state index in [0.717, 1.165) is 27.2 Å². The summed E-state index contributed by atoms with van der Waals surface area (Å²) in [5.41, 5.74) is 2.79. The zero-order chi connectivity index (χ0) is 24.4. The summed E-state index contributed by atoms with van der Waals surface area (Å²) in [4.78, 5) is 5.05. The van der Waals surface area contributed by atoms with Crippen LogP contribution in [-0.4, -0.2) is 9.38 Å². The lowest BCUT2D eigenvalue weighted by Gasteiger charge is -2.27. The monoisotopic (exact) mass is 547 g/mol. The Hall–Kier alpha value is -3.72. The number of fused-ring (bicyclic) bond motifs is 1. The van der Waals surface area contributed by atoms with Crippen molar-refractivity contribution in [2.75, 3.05) is 0 Å². The van der Waals surface area contributed by atoms with Gasteiger partial charge in [0.25, 0.3) is 0 Å². The lowest BCUT2D eigenvalue weighted by molar-refractivity contribution is 1.17. The Kier molecular flexibility index (Phi) is 6.14. The third-order valence-electron chi connectivity index (χ3n) is 6.26. The van der Waals surface area contributed by atoms with Crippen LogP contribution in [0.2, 0.25) is 0 Å². The number of hydrogen-bond acceptors (Lipinski definition) is 2. The highest BCUT2D eigenvalue weighted by Crippen LogP contribution is 2.50. The molecule has 0 aliphatic carbocycles. The highest BCUT2D eigenvalue weighted by Gasteiger charge is 2.29. The van der Waals surface area contributed by atoms with Crippen LogP contribution in [0, 0.1) is 0 Å². The average Bonchev–Trinajstić information content (AvgIpc) is 3.31. The molecular formula is C31H23BrN3P. The molecule has 0 fully saturated rings.